The summed E-state index contributed by atoms with van der Waals surface area (Å²) in [7, 11) is 2.01. The van der Waals surface area contributed by atoms with Crippen LogP contribution in [0.3, 0.4) is 0 Å². The van der Waals surface area contributed by atoms with Crippen LogP contribution >= 0.6 is 0 Å². The number of nitriles is 1. The number of hydrogen-bond acceptors (Lipinski definition) is 3. The fourth-order valence-electron chi connectivity index (χ4n) is 1.72. The molecule has 3 heteroatoms. The zero-order valence-electron chi connectivity index (χ0n) is 10.9. The van der Waals surface area contributed by atoms with Gasteiger partial charge >= 0.3 is 0 Å². The highest BCUT2D eigenvalue weighted by Gasteiger charge is 2.10. The van der Waals surface area contributed by atoms with E-state index in [-0.39, 0.29) is 12.1 Å². The Kier molecular flexibility index (Phi) is 4.99. The summed E-state index contributed by atoms with van der Waals surface area (Å²) in [4.78, 5) is 2.12. The van der Waals surface area contributed by atoms with E-state index < -0.39 is 0 Å². The van der Waals surface area contributed by atoms with E-state index in [0.29, 0.717) is 6.42 Å². The highest BCUT2D eigenvalue weighted by Crippen LogP contribution is 2.20. The fraction of sp³-hybridized carbons (Fsp3) is 0.500. The normalized spacial score (nSPS) is 13.8. The van der Waals surface area contributed by atoms with E-state index in [1.807, 2.05) is 7.05 Å². The van der Waals surface area contributed by atoms with Gasteiger partial charge < -0.3 is 10.6 Å². The van der Waals surface area contributed by atoms with Crippen LogP contribution in [0.25, 0.3) is 0 Å². The van der Waals surface area contributed by atoms with Crippen LogP contribution in [-0.2, 0) is 0 Å². The molecule has 0 saturated heterocycles. The van der Waals surface area contributed by atoms with Gasteiger partial charge in [0.1, 0.15) is 0 Å². The number of nitrogens with two attached hydrogens (primary N) is 1. The zero-order chi connectivity index (χ0) is 12.8. The van der Waals surface area contributed by atoms with Crippen LogP contribution < -0.4 is 10.6 Å². The molecule has 0 bridgehead atoms. The quantitative estimate of drug-likeness (QED) is 0.847. The summed E-state index contributed by atoms with van der Waals surface area (Å²) in [6, 6.07) is 10.8. The van der Waals surface area contributed by atoms with Crippen LogP contribution in [-0.4, -0.2) is 13.1 Å². The molecule has 17 heavy (non-hydrogen) atoms. The van der Waals surface area contributed by atoms with Gasteiger partial charge in [-0.3, -0.25) is 0 Å². The number of hydrogen-bond donors (Lipinski definition) is 1. The molecular formula is C14H21N3. The largest absolute Gasteiger partial charge is 0.371 e. The molecule has 0 aliphatic carbocycles. The molecule has 0 heterocycles. The molecule has 2 N–H and O–H groups in total. The Balaban J connectivity index is 2.77. The van der Waals surface area contributed by atoms with Crippen molar-refractivity contribution in [3.8, 4) is 6.07 Å². The molecule has 1 unspecified atom stereocenters. The topological polar surface area (TPSA) is 53.0 Å². The molecule has 0 aliphatic heterocycles. The molecule has 0 saturated carbocycles. The molecule has 1 rings (SSSR count). The Morgan fingerprint density at radius 1 is 1.35 bits per heavy atom. The van der Waals surface area contributed by atoms with Crippen molar-refractivity contribution in [3.63, 3.8) is 0 Å². The van der Waals surface area contributed by atoms with Crippen molar-refractivity contribution in [2.75, 3.05) is 11.9 Å². The van der Waals surface area contributed by atoms with Crippen molar-refractivity contribution in [3.05, 3.63) is 29.8 Å². The summed E-state index contributed by atoms with van der Waals surface area (Å²) >= 11 is 0. The second-order valence-corrected chi connectivity index (χ2v) is 4.43. The van der Waals surface area contributed by atoms with Gasteiger partial charge in [0.25, 0.3) is 0 Å². The molecule has 1 aromatic carbocycles. The summed E-state index contributed by atoms with van der Waals surface area (Å²) in [5.41, 5.74) is 8.26. The summed E-state index contributed by atoms with van der Waals surface area (Å²) < 4.78 is 0. The predicted octanol–water partition coefficient (Wildman–Crippen LogP) is 2.83. The van der Waals surface area contributed by atoms with Crippen molar-refractivity contribution >= 4 is 5.69 Å². The summed E-state index contributed by atoms with van der Waals surface area (Å²) in [5.74, 6) is 0. The predicted molar refractivity (Wildman–Crippen MR) is 71.8 cm³/mol. The molecular weight excluding hydrogens is 210 g/mol. The number of benzene rings is 1. The van der Waals surface area contributed by atoms with Gasteiger partial charge in [-0.1, -0.05) is 19.1 Å². The molecule has 1 aromatic rings. The lowest BCUT2D eigenvalue weighted by molar-refractivity contribution is 0.692. The molecule has 0 fully saturated rings. The standard InChI is InChI=1S/C14H21N3/c1-4-14(16)12-5-7-13(8-6-12)17(3)11(2)9-10-15/h5-8,11,14H,4,9,16H2,1-3H3/t11?,14-/m1/s1. The fourth-order valence-corrected chi connectivity index (χ4v) is 1.72. The Morgan fingerprint density at radius 2 is 1.94 bits per heavy atom. The first kappa shape index (κ1) is 13.5. The third kappa shape index (κ3) is 3.47. The maximum Gasteiger partial charge on any atom is 0.0643 e. The van der Waals surface area contributed by atoms with E-state index in [9.17, 15) is 0 Å². The van der Waals surface area contributed by atoms with Gasteiger partial charge in [-0.05, 0) is 31.0 Å². The van der Waals surface area contributed by atoms with Crippen LogP contribution in [0.15, 0.2) is 24.3 Å². The van der Waals surface area contributed by atoms with Crippen molar-refractivity contribution in [2.24, 2.45) is 5.73 Å². The SMILES string of the molecule is CC[C@@H](N)c1ccc(N(C)C(C)CC#N)cc1. The van der Waals surface area contributed by atoms with Gasteiger partial charge in [0.05, 0.1) is 12.5 Å². The number of rotatable bonds is 5. The first-order valence-electron chi connectivity index (χ1n) is 6.05. The lowest BCUT2D eigenvalue weighted by Crippen LogP contribution is -2.28. The minimum Gasteiger partial charge on any atom is -0.371 e. The minimum absolute atomic E-state index is 0.117. The molecule has 0 aromatic heterocycles. The van der Waals surface area contributed by atoms with Gasteiger partial charge in [-0.15, -0.1) is 0 Å². The maximum atomic E-state index is 8.69. The summed E-state index contributed by atoms with van der Waals surface area (Å²) in [6.07, 6.45) is 1.48. The van der Waals surface area contributed by atoms with E-state index >= 15 is 0 Å². The van der Waals surface area contributed by atoms with Crippen LogP contribution in [0.2, 0.25) is 0 Å². The van der Waals surface area contributed by atoms with Gasteiger partial charge in [0, 0.05) is 24.8 Å². The molecule has 0 amide bonds. The first-order valence-corrected chi connectivity index (χ1v) is 6.05. The Labute approximate surface area is 104 Å². The molecule has 0 aliphatic rings. The summed E-state index contributed by atoms with van der Waals surface area (Å²) in [6.45, 7) is 4.13. The van der Waals surface area contributed by atoms with E-state index in [0.717, 1.165) is 17.7 Å². The van der Waals surface area contributed by atoms with Crippen LogP contribution in [0.4, 0.5) is 5.69 Å². The van der Waals surface area contributed by atoms with E-state index in [1.54, 1.807) is 0 Å². The Morgan fingerprint density at radius 3 is 2.41 bits per heavy atom. The zero-order valence-corrected chi connectivity index (χ0v) is 10.9. The van der Waals surface area contributed by atoms with Crippen LogP contribution in [0.5, 0.6) is 0 Å². The second-order valence-electron chi connectivity index (χ2n) is 4.43. The van der Waals surface area contributed by atoms with Gasteiger partial charge in [0.2, 0.25) is 0 Å². The Hall–Kier alpha value is -1.53. The molecule has 0 spiro atoms. The number of nitrogens with zero attached hydrogens (tertiary/aromatic N) is 2. The van der Waals surface area contributed by atoms with Gasteiger partial charge in [0.15, 0.2) is 0 Å². The highest BCUT2D eigenvalue weighted by molar-refractivity contribution is 5.48. The van der Waals surface area contributed by atoms with Crippen molar-refractivity contribution < 1.29 is 0 Å². The van der Waals surface area contributed by atoms with Gasteiger partial charge in [-0.25, -0.2) is 0 Å². The molecule has 0 radical (unpaired) electrons. The van der Waals surface area contributed by atoms with Crippen molar-refractivity contribution in [1.82, 2.24) is 0 Å². The minimum atomic E-state index is 0.117. The highest BCUT2D eigenvalue weighted by atomic mass is 15.1. The van der Waals surface area contributed by atoms with Crippen molar-refractivity contribution in [2.45, 2.75) is 38.8 Å². The molecule has 92 valence electrons. The van der Waals surface area contributed by atoms with Crippen molar-refractivity contribution in [1.29, 1.82) is 5.26 Å². The lowest BCUT2D eigenvalue weighted by Gasteiger charge is -2.25. The Bertz CT molecular complexity index is 377. The second kappa shape index (κ2) is 6.27. The molecule has 3 nitrogen and oxygen atoms in total. The van der Waals surface area contributed by atoms with Gasteiger partial charge in [-0.2, -0.15) is 5.26 Å². The average molecular weight is 231 g/mol. The monoisotopic (exact) mass is 231 g/mol. The average Bonchev–Trinajstić information content (AvgIpc) is 2.37. The molecule has 2 atom stereocenters. The van der Waals surface area contributed by atoms with Crippen LogP contribution in [0, 0.1) is 11.3 Å². The van der Waals surface area contributed by atoms with E-state index in [1.165, 1.54) is 0 Å². The summed E-state index contributed by atoms with van der Waals surface area (Å²) in [5, 5.41) is 8.69. The third-order valence-electron chi connectivity index (χ3n) is 3.22. The maximum absolute atomic E-state index is 8.69. The first-order chi connectivity index (χ1) is 8.10. The lowest BCUT2D eigenvalue weighted by atomic mass is 10.0. The van der Waals surface area contributed by atoms with E-state index in [4.69, 9.17) is 11.0 Å². The van der Waals surface area contributed by atoms with E-state index in [2.05, 4.69) is 49.1 Å². The number of anilines is 1. The third-order valence-corrected chi connectivity index (χ3v) is 3.22. The smallest absolute Gasteiger partial charge is 0.0643 e. The van der Waals surface area contributed by atoms with Crippen LogP contribution in [0.1, 0.15) is 38.3 Å².